The van der Waals surface area contributed by atoms with Gasteiger partial charge in [0.15, 0.2) is 5.69 Å². The summed E-state index contributed by atoms with van der Waals surface area (Å²) in [5, 5.41) is 9.91. The number of benzene rings is 3. The standard InChI is InChI=1S/C27H21Cl2F3N4O2/c1-16(17-8-10-18(11-9-17)26(38)34-21-6-2-4-19(28)12-21)25(37)33-15-23-14-24(27(30,31)32)35-36(23)22-7-3-5-20(29)13-22/h2-14,16H,15H2,1H3,(H,33,37)(H,34,38). The van der Waals surface area contributed by atoms with Crippen molar-refractivity contribution in [3.8, 4) is 5.69 Å². The first-order valence-corrected chi connectivity index (χ1v) is 12.1. The van der Waals surface area contributed by atoms with Crippen molar-refractivity contribution in [1.82, 2.24) is 15.1 Å². The molecular weight excluding hydrogens is 540 g/mol. The summed E-state index contributed by atoms with van der Waals surface area (Å²) in [6, 6.07) is 20.3. The number of rotatable bonds is 7. The topological polar surface area (TPSA) is 76.0 Å². The van der Waals surface area contributed by atoms with Gasteiger partial charge in [-0.2, -0.15) is 18.3 Å². The van der Waals surface area contributed by atoms with E-state index in [2.05, 4.69) is 15.7 Å². The lowest BCUT2D eigenvalue weighted by atomic mass is 9.98. The Labute approximate surface area is 226 Å². The molecule has 0 bridgehead atoms. The van der Waals surface area contributed by atoms with E-state index in [1.807, 2.05) is 0 Å². The first-order chi connectivity index (χ1) is 18.0. The van der Waals surface area contributed by atoms with Gasteiger partial charge in [0.25, 0.3) is 5.91 Å². The summed E-state index contributed by atoms with van der Waals surface area (Å²) < 4.78 is 41.1. The molecule has 0 saturated heterocycles. The molecule has 6 nitrogen and oxygen atoms in total. The van der Waals surface area contributed by atoms with Crippen molar-refractivity contribution in [1.29, 1.82) is 0 Å². The Bertz CT molecular complexity index is 1470. The summed E-state index contributed by atoms with van der Waals surface area (Å²) in [5.41, 5.74) is 0.934. The molecule has 0 aliphatic heterocycles. The number of aromatic nitrogens is 2. The normalized spacial score (nSPS) is 12.2. The van der Waals surface area contributed by atoms with Crippen molar-refractivity contribution in [3.63, 3.8) is 0 Å². The van der Waals surface area contributed by atoms with E-state index in [0.29, 0.717) is 32.5 Å². The lowest BCUT2D eigenvalue weighted by Crippen LogP contribution is -2.28. The largest absolute Gasteiger partial charge is 0.435 e. The molecule has 38 heavy (non-hydrogen) atoms. The van der Waals surface area contributed by atoms with Crippen molar-refractivity contribution in [2.45, 2.75) is 25.6 Å². The Morgan fingerprint density at radius 3 is 2.24 bits per heavy atom. The smallest absolute Gasteiger partial charge is 0.350 e. The second-order valence-electron chi connectivity index (χ2n) is 8.44. The molecule has 1 aromatic heterocycles. The summed E-state index contributed by atoms with van der Waals surface area (Å²) >= 11 is 11.9. The molecule has 2 N–H and O–H groups in total. The maximum absolute atomic E-state index is 13.3. The predicted octanol–water partition coefficient (Wildman–Crippen LogP) is 6.87. The van der Waals surface area contributed by atoms with E-state index in [9.17, 15) is 22.8 Å². The SMILES string of the molecule is CC(C(=O)NCc1cc(C(F)(F)F)nn1-c1cccc(Cl)c1)c1ccc(C(=O)Nc2cccc(Cl)c2)cc1. The van der Waals surface area contributed by atoms with Crippen LogP contribution in [0.2, 0.25) is 10.0 Å². The van der Waals surface area contributed by atoms with Gasteiger partial charge in [-0.05, 0) is 67.1 Å². The van der Waals surface area contributed by atoms with Crippen molar-refractivity contribution < 1.29 is 22.8 Å². The molecule has 0 spiro atoms. The second kappa shape index (κ2) is 11.3. The van der Waals surface area contributed by atoms with E-state index in [1.54, 1.807) is 73.7 Å². The molecule has 196 valence electrons. The number of carbonyl (C=O) groups excluding carboxylic acids is 2. The minimum atomic E-state index is -4.66. The molecule has 11 heteroatoms. The average molecular weight is 561 g/mol. The van der Waals surface area contributed by atoms with Gasteiger partial charge in [-0.3, -0.25) is 9.59 Å². The molecule has 1 atom stereocenters. The van der Waals surface area contributed by atoms with Crippen LogP contribution < -0.4 is 10.6 Å². The van der Waals surface area contributed by atoms with E-state index in [-0.39, 0.29) is 18.1 Å². The number of anilines is 1. The third-order valence-corrected chi connectivity index (χ3v) is 6.19. The van der Waals surface area contributed by atoms with Crippen molar-refractivity contribution in [3.05, 3.63) is 111 Å². The molecule has 3 aromatic carbocycles. The fraction of sp³-hybridized carbons (Fsp3) is 0.148. The van der Waals surface area contributed by atoms with Crippen LogP contribution in [0.3, 0.4) is 0 Å². The van der Waals surface area contributed by atoms with Crippen LogP contribution in [0.1, 0.15) is 40.2 Å². The minimum Gasteiger partial charge on any atom is -0.350 e. The number of nitrogens with zero attached hydrogens (tertiary/aromatic N) is 2. The van der Waals surface area contributed by atoms with Crippen LogP contribution in [0.5, 0.6) is 0 Å². The number of amides is 2. The second-order valence-corrected chi connectivity index (χ2v) is 9.31. The molecule has 2 amide bonds. The number of alkyl halides is 3. The van der Waals surface area contributed by atoms with Crippen LogP contribution in [-0.2, 0) is 17.5 Å². The Balaban J connectivity index is 1.44. The molecule has 0 aliphatic rings. The van der Waals surface area contributed by atoms with Crippen molar-refractivity contribution >= 4 is 40.7 Å². The third kappa shape index (κ3) is 6.54. The number of carbonyl (C=O) groups is 2. The van der Waals surface area contributed by atoms with Gasteiger partial charge in [0, 0.05) is 21.3 Å². The van der Waals surface area contributed by atoms with Gasteiger partial charge in [-0.1, -0.05) is 47.5 Å². The van der Waals surface area contributed by atoms with Gasteiger partial charge < -0.3 is 10.6 Å². The van der Waals surface area contributed by atoms with Gasteiger partial charge in [0.1, 0.15) is 0 Å². The summed E-state index contributed by atoms with van der Waals surface area (Å²) in [6.45, 7) is 1.46. The van der Waals surface area contributed by atoms with Crippen LogP contribution in [0.15, 0.2) is 78.9 Å². The first kappa shape index (κ1) is 27.2. The molecule has 0 saturated carbocycles. The Kier molecular flexibility index (Phi) is 8.08. The summed E-state index contributed by atoms with van der Waals surface area (Å²) in [7, 11) is 0. The van der Waals surface area contributed by atoms with Gasteiger partial charge in [0.05, 0.1) is 23.8 Å². The van der Waals surface area contributed by atoms with Crippen LogP contribution in [0.4, 0.5) is 18.9 Å². The maximum Gasteiger partial charge on any atom is 0.435 e. The highest BCUT2D eigenvalue weighted by Gasteiger charge is 2.35. The summed E-state index contributed by atoms with van der Waals surface area (Å²) in [6.07, 6.45) is -4.66. The van der Waals surface area contributed by atoms with Gasteiger partial charge in [-0.25, -0.2) is 4.68 Å². The monoisotopic (exact) mass is 560 g/mol. The van der Waals surface area contributed by atoms with Gasteiger partial charge in [-0.15, -0.1) is 0 Å². The minimum absolute atomic E-state index is 0.133. The maximum atomic E-state index is 13.3. The van der Waals surface area contributed by atoms with Crippen LogP contribution in [0, 0.1) is 0 Å². The Morgan fingerprint density at radius 2 is 1.61 bits per heavy atom. The van der Waals surface area contributed by atoms with E-state index in [0.717, 1.165) is 10.7 Å². The molecule has 4 aromatic rings. The number of halogens is 5. The van der Waals surface area contributed by atoms with E-state index in [4.69, 9.17) is 23.2 Å². The number of hydrogen-bond donors (Lipinski definition) is 2. The molecule has 0 aliphatic carbocycles. The molecule has 1 unspecified atom stereocenters. The fourth-order valence-corrected chi connectivity index (χ4v) is 4.07. The van der Waals surface area contributed by atoms with E-state index >= 15 is 0 Å². The lowest BCUT2D eigenvalue weighted by Gasteiger charge is -2.14. The first-order valence-electron chi connectivity index (χ1n) is 11.4. The van der Waals surface area contributed by atoms with Crippen LogP contribution >= 0.6 is 23.2 Å². The van der Waals surface area contributed by atoms with Gasteiger partial charge >= 0.3 is 6.18 Å². The highest BCUT2D eigenvalue weighted by atomic mass is 35.5. The highest BCUT2D eigenvalue weighted by molar-refractivity contribution is 6.31. The molecule has 4 rings (SSSR count). The highest BCUT2D eigenvalue weighted by Crippen LogP contribution is 2.30. The zero-order valence-electron chi connectivity index (χ0n) is 19.9. The zero-order chi connectivity index (χ0) is 27.4. The Morgan fingerprint density at radius 1 is 0.947 bits per heavy atom. The van der Waals surface area contributed by atoms with Crippen molar-refractivity contribution in [2.75, 3.05) is 5.32 Å². The van der Waals surface area contributed by atoms with Crippen LogP contribution in [0.25, 0.3) is 5.69 Å². The third-order valence-electron chi connectivity index (χ3n) is 5.72. The fourth-order valence-electron chi connectivity index (χ4n) is 3.69. The number of nitrogens with one attached hydrogen (secondary N) is 2. The summed E-state index contributed by atoms with van der Waals surface area (Å²) in [5.74, 6) is -1.39. The average Bonchev–Trinajstić information content (AvgIpc) is 3.32. The molecule has 0 fully saturated rings. The quantitative estimate of drug-likeness (QED) is 0.259. The van der Waals surface area contributed by atoms with E-state index in [1.165, 1.54) is 6.07 Å². The molecule has 0 radical (unpaired) electrons. The van der Waals surface area contributed by atoms with Gasteiger partial charge in [0.2, 0.25) is 5.91 Å². The predicted molar refractivity (Wildman–Crippen MR) is 140 cm³/mol. The van der Waals surface area contributed by atoms with Crippen LogP contribution in [-0.4, -0.2) is 21.6 Å². The molecule has 1 heterocycles. The summed E-state index contributed by atoms with van der Waals surface area (Å²) in [4.78, 5) is 25.4. The number of hydrogen-bond acceptors (Lipinski definition) is 3. The van der Waals surface area contributed by atoms with Crippen molar-refractivity contribution in [2.24, 2.45) is 0 Å². The molecular formula is C27H21Cl2F3N4O2. The Hall–Kier alpha value is -3.82. The van der Waals surface area contributed by atoms with E-state index < -0.39 is 23.7 Å². The zero-order valence-corrected chi connectivity index (χ0v) is 21.4. The lowest BCUT2D eigenvalue weighted by molar-refractivity contribution is -0.141.